The molecule has 2 atom stereocenters. The monoisotopic (exact) mass is 487 g/mol. The van der Waals surface area contributed by atoms with Crippen LogP contribution >= 0.6 is 23.2 Å². The van der Waals surface area contributed by atoms with Crippen LogP contribution in [0.15, 0.2) is 42.5 Å². The second kappa shape index (κ2) is 10.0. The van der Waals surface area contributed by atoms with E-state index in [2.05, 4.69) is 29.8 Å². The molecule has 0 saturated heterocycles. The Balaban J connectivity index is 1.72. The molecule has 7 heteroatoms. The molecule has 0 radical (unpaired) electrons. The summed E-state index contributed by atoms with van der Waals surface area (Å²) in [5.74, 6) is 0.0349. The zero-order valence-electron chi connectivity index (χ0n) is 19.1. The van der Waals surface area contributed by atoms with Crippen LogP contribution in [0, 0.1) is 5.92 Å². The maximum Gasteiger partial charge on any atom is 0.249 e. The maximum absolute atomic E-state index is 13.6. The largest absolute Gasteiger partial charge is 0.352 e. The topological polar surface area (TPSA) is 70.2 Å². The summed E-state index contributed by atoms with van der Waals surface area (Å²) < 4.78 is 0. The fourth-order valence-corrected chi connectivity index (χ4v) is 5.42. The zero-order valence-corrected chi connectivity index (χ0v) is 20.6. The Kier molecular flexibility index (Phi) is 7.32. The van der Waals surface area contributed by atoms with Crippen molar-refractivity contribution in [1.29, 1.82) is 0 Å². The molecule has 1 aliphatic carbocycles. The van der Waals surface area contributed by atoms with Gasteiger partial charge in [-0.3, -0.25) is 14.9 Å². The van der Waals surface area contributed by atoms with Gasteiger partial charge in [0, 0.05) is 33.8 Å². The Labute approximate surface area is 205 Å². The Morgan fingerprint density at radius 2 is 1.85 bits per heavy atom. The molecule has 0 bridgehead atoms. The third-order valence-corrected chi connectivity index (χ3v) is 7.05. The molecular weight excluding hydrogens is 457 g/mol. The molecule has 1 aliphatic heterocycles. The number of anilines is 1. The van der Waals surface area contributed by atoms with Gasteiger partial charge >= 0.3 is 0 Å². The minimum atomic E-state index is -1.11. The number of fused-ring (bicyclic) bond motifs is 1. The van der Waals surface area contributed by atoms with Crippen molar-refractivity contribution >= 4 is 40.7 Å². The summed E-state index contributed by atoms with van der Waals surface area (Å²) in [6, 6.07) is 12.6. The Morgan fingerprint density at radius 3 is 2.55 bits per heavy atom. The Hall–Kier alpha value is -2.08. The van der Waals surface area contributed by atoms with E-state index in [0.717, 1.165) is 36.8 Å². The molecule has 1 saturated carbocycles. The highest BCUT2D eigenvalue weighted by Crippen LogP contribution is 2.41. The van der Waals surface area contributed by atoms with E-state index in [4.69, 9.17) is 23.2 Å². The number of carbonyl (C=O) groups excluding carboxylic acids is 2. The van der Waals surface area contributed by atoms with Gasteiger partial charge in [-0.1, -0.05) is 68.1 Å². The van der Waals surface area contributed by atoms with Crippen molar-refractivity contribution in [1.82, 2.24) is 10.6 Å². The van der Waals surface area contributed by atoms with E-state index in [1.54, 1.807) is 12.1 Å². The number of rotatable bonds is 8. The second-order valence-corrected chi connectivity index (χ2v) is 10.5. The van der Waals surface area contributed by atoms with Gasteiger partial charge in [0.05, 0.1) is 6.04 Å². The number of benzene rings is 2. The van der Waals surface area contributed by atoms with Gasteiger partial charge < -0.3 is 10.6 Å². The fourth-order valence-electron chi connectivity index (χ4n) is 5.04. The van der Waals surface area contributed by atoms with Crippen LogP contribution in [0.4, 0.5) is 5.69 Å². The van der Waals surface area contributed by atoms with Gasteiger partial charge in [0.25, 0.3) is 0 Å². The minimum absolute atomic E-state index is 0.0451. The molecule has 2 aromatic carbocycles. The SMILES string of the molecule is CC(C)CC(NC1(Cc2cccc(Cl)c2)C(=O)Nc2cc(Cl)ccc21)C(=O)NC1CCCC1. The number of amides is 2. The van der Waals surface area contributed by atoms with E-state index < -0.39 is 11.6 Å². The van der Waals surface area contributed by atoms with Gasteiger partial charge in [-0.15, -0.1) is 0 Å². The van der Waals surface area contributed by atoms with Crippen molar-refractivity contribution in [2.45, 2.75) is 70.0 Å². The lowest BCUT2D eigenvalue weighted by Gasteiger charge is -2.34. The average molecular weight is 488 g/mol. The second-order valence-electron chi connectivity index (χ2n) is 9.67. The summed E-state index contributed by atoms with van der Waals surface area (Å²) in [6.45, 7) is 4.17. The molecule has 0 aromatic heterocycles. The van der Waals surface area contributed by atoms with Gasteiger partial charge in [0.15, 0.2) is 0 Å². The molecule has 2 aromatic rings. The van der Waals surface area contributed by atoms with Crippen LogP contribution in [0.1, 0.15) is 57.1 Å². The van der Waals surface area contributed by atoms with E-state index in [0.29, 0.717) is 28.6 Å². The van der Waals surface area contributed by atoms with Crippen molar-refractivity contribution in [2.75, 3.05) is 5.32 Å². The van der Waals surface area contributed by atoms with E-state index in [1.807, 2.05) is 30.3 Å². The van der Waals surface area contributed by atoms with Crippen molar-refractivity contribution < 1.29 is 9.59 Å². The first kappa shape index (κ1) is 24.1. The predicted molar refractivity (Wildman–Crippen MR) is 134 cm³/mol. The van der Waals surface area contributed by atoms with E-state index >= 15 is 0 Å². The van der Waals surface area contributed by atoms with Gasteiger partial charge in [0.2, 0.25) is 11.8 Å². The zero-order chi connectivity index (χ0) is 23.6. The normalized spacial score (nSPS) is 21.2. The highest BCUT2D eigenvalue weighted by molar-refractivity contribution is 6.31. The first-order chi connectivity index (χ1) is 15.8. The minimum Gasteiger partial charge on any atom is -0.352 e. The molecule has 176 valence electrons. The van der Waals surface area contributed by atoms with Crippen LogP contribution in [-0.4, -0.2) is 23.9 Å². The number of hydrogen-bond acceptors (Lipinski definition) is 3. The molecule has 33 heavy (non-hydrogen) atoms. The molecule has 4 rings (SSSR count). The van der Waals surface area contributed by atoms with Gasteiger partial charge in [0.1, 0.15) is 5.54 Å². The third kappa shape index (κ3) is 5.37. The molecule has 1 fully saturated rings. The van der Waals surface area contributed by atoms with E-state index in [1.165, 1.54) is 0 Å². The summed E-state index contributed by atoms with van der Waals surface area (Å²) in [5.41, 5.74) is 1.25. The van der Waals surface area contributed by atoms with Crippen LogP contribution in [-0.2, 0) is 21.5 Å². The van der Waals surface area contributed by atoms with Gasteiger partial charge in [-0.2, -0.15) is 0 Å². The summed E-state index contributed by atoms with van der Waals surface area (Å²) in [4.78, 5) is 27.0. The van der Waals surface area contributed by atoms with Crippen molar-refractivity contribution in [3.8, 4) is 0 Å². The molecule has 2 aliphatic rings. The highest BCUT2D eigenvalue weighted by Gasteiger charge is 2.49. The molecule has 3 N–H and O–H groups in total. The van der Waals surface area contributed by atoms with Crippen LogP contribution in [0.25, 0.3) is 0 Å². The number of halogens is 2. The van der Waals surface area contributed by atoms with Crippen LogP contribution in [0.5, 0.6) is 0 Å². The number of hydrogen-bond donors (Lipinski definition) is 3. The number of nitrogens with one attached hydrogen (secondary N) is 3. The summed E-state index contributed by atoms with van der Waals surface area (Å²) in [7, 11) is 0. The standard InChI is InChI=1S/C26H31Cl2N3O2/c1-16(2)12-23(24(32)29-20-8-3-4-9-20)31-26(15-17-6-5-7-18(27)13-17)21-11-10-19(28)14-22(21)30-25(26)33/h5-7,10-11,13-14,16,20,23,31H,3-4,8-9,12,15H2,1-2H3,(H,29,32)(H,30,33). The van der Waals surface area contributed by atoms with Crippen LogP contribution in [0.2, 0.25) is 10.0 Å². The van der Waals surface area contributed by atoms with Crippen molar-refractivity contribution in [3.63, 3.8) is 0 Å². The molecule has 1 heterocycles. The van der Waals surface area contributed by atoms with E-state index in [-0.39, 0.29) is 23.8 Å². The van der Waals surface area contributed by atoms with Crippen molar-refractivity contribution in [3.05, 3.63) is 63.6 Å². The molecule has 2 amide bonds. The quantitative estimate of drug-likeness (QED) is 0.463. The lowest BCUT2D eigenvalue weighted by molar-refractivity contribution is -0.127. The summed E-state index contributed by atoms with van der Waals surface area (Å²) in [6.07, 6.45) is 5.28. The molecular formula is C26H31Cl2N3O2. The third-order valence-electron chi connectivity index (χ3n) is 6.58. The fraction of sp³-hybridized carbons (Fsp3) is 0.462. The smallest absolute Gasteiger partial charge is 0.249 e. The van der Waals surface area contributed by atoms with Crippen LogP contribution < -0.4 is 16.0 Å². The molecule has 0 spiro atoms. The van der Waals surface area contributed by atoms with Crippen LogP contribution in [0.3, 0.4) is 0 Å². The first-order valence-electron chi connectivity index (χ1n) is 11.7. The average Bonchev–Trinajstić information content (AvgIpc) is 3.33. The number of carbonyl (C=O) groups is 2. The maximum atomic E-state index is 13.6. The molecule has 2 unspecified atom stereocenters. The molecule has 5 nitrogen and oxygen atoms in total. The predicted octanol–water partition coefficient (Wildman–Crippen LogP) is 5.45. The Morgan fingerprint density at radius 1 is 1.12 bits per heavy atom. The van der Waals surface area contributed by atoms with Crippen molar-refractivity contribution in [2.24, 2.45) is 5.92 Å². The lowest BCUT2D eigenvalue weighted by atomic mass is 9.83. The van der Waals surface area contributed by atoms with Gasteiger partial charge in [-0.05, 0) is 55.0 Å². The summed E-state index contributed by atoms with van der Waals surface area (Å²) in [5, 5.41) is 10.9. The Bertz CT molecular complexity index is 1040. The van der Waals surface area contributed by atoms with E-state index in [9.17, 15) is 9.59 Å². The van der Waals surface area contributed by atoms with Gasteiger partial charge in [-0.25, -0.2) is 0 Å². The lowest BCUT2D eigenvalue weighted by Crippen LogP contribution is -2.59. The first-order valence-corrected chi connectivity index (χ1v) is 12.5. The summed E-state index contributed by atoms with van der Waals surface area (Å²) >= 11 is 12.5. The highest BCUT2D eigenvalue weighted by atomic mass is 35.5.